The largest absolute Gasteiger partial charge is 0.497 e. The van der Waals surface area contributed by atoms with Crippen LogP contribution in [0.3, 0.4) is 0 Å². The summed E-state index contributed by atoms with van der Waals surface area (Å²) in [7, 11) is 3.13. The minimum Gasteiger partial charge on any atom is -0.497 e. The maximum absolute atomic E-state index is 13.6. The van der Waals surface area contributed by atoms with Crippen LogP contribution >= 0.6 is 0 Å². The minimum atomic E-state index is -0.577. The number of hydrogen-bond acceptors (Lipinski definition) is 7. The Bertz CT molecular complexity index is 1480. The summed E-state index contributed by atoms with van der Waals surface area (Å²) in [5.41, 5.74) is 3.32. The Labute approximate surface area is 218 Å². The van der Waals surface area contributed by atoms with Crippen molar-refractivity contribution in [2.75, 3.05) is 24.9 Å². The number of allylic oxidation sites excluding steroid dienone is 1. The molecule has 0 unspecified atom stereocenters. The first-order valence-electron chi connectivity index (χ1n) is 11.8. The molecule has 0 aliphatic carbocycles. The summed E-state index contributed by atoms with van der Waals surface area (Å²) in [6, 6.07) is 18.1. The van der Waals surface area contributed by atoms with Gasteiger partial charge < -0.3 is 24.8 Å². The summed E-state index contributed by atoms with van der Waals surface area (Å²) in [5.74, 6) is 1.61. The zero-order chi connectivity index (χ0) is 26.6. The van der Waals surface area contributed by atoms with Crippen LogP contribution in [0.4, 0.5) is 16.0 Å². The van der Waals surface area contributed by atoms with Gasteiger partial charge in [0.25, 0.3) is 5.91 Å². The highest BCUT2D eigenvalue weighted by molar-refractivity contribution is 6.06. The van der Waals surface area contributed by atoms with Gasteiger partial charge in [-0.15, -0.1) is 0 Å². The van der Waals surface area contributed by atoms with E-state index in [4.69, 9.17) is 14.2 Å². The van der Waals surface area contributed by atoms with E-state index in [9.17, 15) is 9.18 Å². The molecule has 4 aromatic rings. The molecular formula is C28H26FN5O4. The third-order valence-electron chi connectivity index (χ3n) is 6.20. The third-order valence-corrected chi connectivity index (χ3v) is 6.20. The predicted octanol–water partition coefficient (Wildman–Crippen LogP) is 4.94. The van der Waals surface area contributed by atoms with Crippen LogP contribution in [0.5, 0.6) is 17.2 Å². The van der Waals surface area contributed by atoms with E-state index in [-0.39, 0.29) is 18.3 Å². The van der Waals surface area contributed by atoms with Crippen LogP contribution in [0.25, 0.3) is 0 Å². The quantitative estimate of drug-likeness (QED) is 0.343. The second-order valence-corrected chi connectivity index (χ2v) is 8.60. The number of benzene rings is 3. The van der Waals surface area contributed by atoms with Crippen LogP contribution in [-0.4, -0.2) is 34.9 Å². The summed E-state index contributed by atoms with van der Waals surface area (Å²) >= 11 is 0. The summed E-state index contributed by atoms with van der Waals surface area (Å²) < 4.78 is 31.7. The highest BCUT2D eigenvalue weighted by atomic mass is 19.1. The molecule has 194 valence electrons. The van der Waals surface area contributed by atoms with Crippen LogP contribution in [0.1, 0.15) is 24.1 Å². The van der Waals surface area contributed by atoms with Crippen LogP contribution in [0, 0.1) is 5.82 Å². The van der Waals surface area contributed by atoms with Crippen molar-refractivity contribution in [2.24, 2.45) is 0 Å². The molecule has 1 aliphatic rings. The third kappa shape index (κ3) is 5.01. The van der Waals surface area contributed by atoms with Gasteiger partial charge in [0.15, 0.2) is 11.5 Å². The minimum absolute atomic E-state index is 0.241. The Morgan fingerprint density at radius 1 is 1.03 bits per heavy atom. The lowest BCUT2D eigenvalue weighted by Crippen LogP contribution is -2.31. The molecule has 0 bridgehead atoms. The molecule has 0 saturated carbocycles. The number of aromatic nitrogens is 3. The number of carbonyl (C=O) groups excluding carboxylic acids is 1. The Morgan fingerprint density at radius 2 is 1.79 bits per heavy atom. The van der Waals surface area contributed by atoms with Gasteiger partial charge in [-0.05, 0) is 66.6 Å². The molecule has 1 atom stereocenters. The van der Waals surface area contributed by atoms with E-state index < -0.39 is 6.04 Å². The van der Waals surface area contributed by atoms with E-state index in [1.165, 1.54) is 18.5 Å². The fourth-order valence-electron chi connectivity index (χ4n) is 4.28. The molecule has 0 radical (unpaired) electrons. The fraction of sp³-hybridized carbons (Fsp3) is 0.179. The highest BCUT2D eigenvalue weighted by Crippen LogP contribution is 2.39. The molecule has 1 aliphatic heterocycles. The topological polar surface area (TPSA) is 99.5 Å². The predicted molar refractivity (Wildman–Crippen MR) is 140 cm³/mol. The lowest BCUT2D eigenvalue weighted by Gasteiger charge is -2.29. The first-order valence-corrected chi connectivity index (χ1v) is 11.8. The number of nitrogens with zero attached hydrogens (tertiary/aromatic N) is 3. The molecule has 0 spiro atoms. The number of ether oxygens (including phenoxy) is 3. The van der Waals surface area contributed by atoms with Crippen molar-refractivity contribution in [2.45, 2.75) is 19.6 Å². The van der Waals surface area contributed by atoms with E-state index in [0.29, 0.717) is 40.2 Å². The number of amides is 1. The molecular weight excluding hydrogens is 489 g/mol. The van der Waals surface area contributed by atoms with Crippen LogP contribution in [0.2, 0.25) is 0 Å². The Kier molecular flexibility index (Phi) is 6.94. The first-order chi connectivity index (χ1) is 18.5. The van der Waals surface area contributed by atoms with E-state index in [1.54, 1.807) is 61.4 Å². The molecule has 1 aromatic heterocycles. The Balaban J connectivity index is 1.45. The normalized spacial score (nSPS) is 14.4. The second kappa shape index (κ2) is 10.6. The van der Waals surface area contributed by atoms with E-state index in [2.05, 4.69) is 20.7 Å². The molecule has 9 nitrogen and oxygen atoms in total. The van der Waals surface area contributed by atoms with Crippen LogP contribution in [0.15, 0.2) is 84.3 Å². The molecule has 10 heteroatoms. The number of rotatable bonds is 8. The molecule has 3 aromatic carbocycles. The molecule has 1 amide bonds. The smallest absolute Gasteiger partial charge is 0.255 e. The van der Waals surface area contributed by atoms with Crippen LogP contribution < -0.4 is 24.8 Å². The van der Waals surface area contributed by atoms with Gasteiger partial charge in [-0.1, -0.05) is 18.2 Å². The fourth-order valence-corrected chi connectivity index (χ4v) is 4.28. The molecule has 2 heterocycles. The van der Waals surface area contributed by atoms with Crippen LogP contribution in [-0.2, 0) is 11.4 Å². The molecule has 0 fully saturated rings. The SMILES string of the molecule is COc1ccc(NC(=O)C2=C(C)Nc3ncnn3[C@H]2c2ccc(OCc3ccc(F)cc3)c(OC)c2)cc1. The number of nitrogens with one attached hydrogen (secondary N) is 2. The zero-order valence-electron chi connectivity index (χ0n) is 21.1. The average molecular weight is 516 g/mol. The van der Waals surface area contributed by atoms with Gasteiger partial charge in [-0.3, -0.25) is 4.79 Å². The molecule has 38 heavy (non-hydrogen) atoms. The van der Waals surface area contributed by atoms with Crippen molar-refractivity contribution in [3.05, 3.63) is 101 Å². The lowest BCUT2D eigenvalue weighted by atomic mass is 9.94. The number of anilines is 2. The van der Waals surface area contributed by atoms with Gasteiger partial charge in [0.1, 0.15) is 30.5 Å². The number of fused-ring (bicyclic) bond motifs is 1. The van der Waals surface area contributed by atoms with E-state index >= 15 is 0 Å². The number of methoxy groups -OCH3 is 2. The summed E-state index contributed by atoms with van der Waals surface area (Å²) in [4.78, 5) is 17.9. The Morgan fingerprint density at radius 3 is 2.50 bits per heavy atom. The van der Waals surface area contributed by atoms with Gasteiger partial charge in [0.2, 0.25) is 5.95 Å². The zero-order valence-corrected chi connectivity index (χ0v) is 21.1. The maximum atomic E-state index is 13.6. The summed E-state index contributed by atoms with van der Waals surface area (Å²) in [6.45, 7) is 2.07. The number of hydrogen-bond donors (Lipinski definition) is 2. The van der Waals surface area contributed by atoms with Gasteiger partial charge in [0.05, 0.1) is 19.8 Å². The standard InChI is InChI=1S/C28H26FN5O4/c1-17-25(27(35)33-21-9-11-22(36-2)12-10-21)26(34-28(32-17)30-16-31-34)19-6-13-23(24(14-19)37-3)38-15-18-4-7-20(29)8-5-18/h4-14,16,26H,15H2,1-3H3,(H,33,35)(H,30,31,32)/t26-/m0/s1. The average Bonchev–Trinajstić information content (AvgIpc) is 3.40. The van der Waals surface area contributed by atoms with Gasteiger partial charge in [-0.2, -0.15) is 10.1 Å². The monoisotopic (exact) mass is 515 g/mol. The summed E-state index contributed by atoms with van der Waals surface area (Å²) in [5, 5.41) is 10.5. The highest BCUT2D eigenvalue weighted by Gasteiger charge is 2.34. The molecule has 0 saturated heterocycles. The van der Waals surface area contributed by atoms with Gasteiger partial charge >= 0.3 is 0 Å². The maximum Gasteiger partial charge on any atom is 0.255 e. The summed E-state index contributed by atoms with van der Waals surface area (Å²) in [6.07, 6.45) is 1.43. The number of carbonyl (C=O) groups is 1. The first kappa shape index (κ1) is 24.8. The molecule has 2 N–H and O–H groups in total. The van der Waals surface area contributed by atoms with Crippen molar-refractivity contribution in [3.8, 4) is 17.2 Å². The van der Waals surface area contributed by atoms with Crippen molar-refractivity contribution in [3.63, 3.8) is 0 Å². The van der Waals surface area contributed by atoms with Crippen molar-refractivity contribution in [1.82, 2.24) is 14.8 Å². The second-order valence-electron chi connectivity index (χ2n) is 8.60. The lowest BCUT2D eigenvalue weighted by molar-refractivity contribution is -0.113. The Hall–Kier alpha value is -4.86. The molecule has 5 rings (SSSR count). The number of halogens is 1. The van der Waals surface area contributed by atoms with E-state index in [0.717, 1.165) is 11.1 Å². The van der Waals surface area contributed by atoms with Gasteiger partial charge in [0, 0.05) is 11.4 Å². The van der Waals surface area contributed by atoms with Crippen molar-refractivity contribution in [1.29, 1.82) is 0 Å². The van der Waals surface area contributed by atoms with Crippen molar-refractivity contribution >= 4 is 17.5 Å². The van der Waals surface area contributed by atoms with Crippen molar-refractivity contribution < 1.29 is 23.4 Å². The van der Waals surface area contributed by atoms with E-state index in [1.807, 2.05) is 19.1 Å². The van der Waals surface area contributed by atoms with Gasteiger partial charge in [-0.25, -0.2) is 9.07 Å².